The summed E-state index contributed by atoms with van der Waals surface area (Å²) < 4.78 is 25.8. The van der Waals surface area contributed by atoms with Gasteiger partial charge in [-0.05, 0) is 35.4 Å². The molecule has 17 heavy (non-hydrogen) atoms. The van der Waals surface area contributed by atoms with E-state index in [9.17, 15) is 13.6 Å². The summed E-state index contributed by atoms with van der Waals surface area (Å²) in [5.74, 6) is -1.82. The number of rotatable bonds is 2. The third-order valence-corrected chi connectivity index (χ3v) is 2.71. The number of carbonyl (C=O) groups excluding carboxylic acids is 1. The first-order valence-electron chi connectivity index (χ1n) is 4.82. The maximum atomic E-state index is 13.0. The lowest BCUT2D eigenvalue weighted by atomic mass is 10.0. The maximum Gasteiger partial charge on any atom is 0.159 e. The minimum atomic E-state index is -0.918. The van der Waals surface area contributed by atoms with Crippen LogP contribution in [-0.2, 0) is 0 Å². The van der Waals surface area contributed by atoms with Crippen molar-refractivity contribution < 1.29 is 13.6 Å². The van der Waals surface area contributed by atoms with Crippen LogP contribution >= 0.6 is 11.6 Å². The average molecular weight is 253 g/mol. The van der Waals surface area contributed by atoms with Gasteiger partial charge < -0.3 is 0 Å². The largest absolute Gasteiger partial charge is 0.298 e. The third kappa shape index (κ3) is 2.34. The number of hydrogen-bond donors (Lipinski definition) is 0. The Bertz CT molecular complexity index is 582. The van der Waals surface area contributed by atoms with Gasteiger partial charge in [-0.15, -0.1) is 0 Å². The Morgan fingerprint density at radius 3 is 2.18 bits per heavy atom. The van der Waals surface area contributed by atoms with E-state index in [0.717, 1.165) is 12.1 Å². The molecule has 0 N–H and O–H groups in total. The fraction of sp³-hybridized carbons (Fsp3) is 0. The fourth-order valence-corrected chi connectivity index (χ4v) is 1.70. The molecule has 0 aliphatic rings. The molecule has 0 atom stereocenters. The van der Waals surface area contributed by atoms with E-state index in [1.54, 1.807) is 6.07 Å². The first-order valence-corrected chi connectivity index (χ1v) is 5.20. The molecule has 2 rings (SSSR count). The minimum Gasteiger partial charge on any atom is -0.298 e. The van der Waals surface area contributed by atoms with Gasteiger partial charge >= 0.3 is 0 Å². The third-order valence-electron chi connectivity index (χ3n) is 2.38. The zero-order chi connectivity index (χ0) is 12.4. The lowest BCUT2D eigenvalue weighted by Gasteiger charge is -2.04. The molecule has 0 amide bonds. The van der Waals surface area contributed by atoms with E-state index >= 15 is 0 Å². The fourth-order valence-electron chi connectivity index (χ4n) is 1.48. The van der Waals surface area contributed by atoms with Gasteiger partial charge in [0.15, 0.2) is 17.9 Å². The van der Waals surface area contributed by atoms with Gasteiger partial charge in [0.25, 0.3) is 0 Å². The zero-order valence-corrected chi connectivity index (χ0v) is 9.34. The van der Waals surface area contributed by atoms with Gasteiger partial charge in [-0.25, -0.2) is 8.78 Å². The molecule has 2 aromatic rings. The van der Waals surface area contributed by atoms with Crippen LogP contribution in [0.3, 0.4) is 0 Å². The smallest absolute Gasteiger partial charge is 0.159 e. The number of halogens is 3. The van der Waals surface area contributed by atoms with Crippen molar-refractivity contribution in [1.29, 1.82) is 0 Å². The molecule has 0 fully saturated rings. The van der Waals surface area contributed by atoms with Gasteiger partial charge in [0.1, 0.15) is 0 Å². The predicted molar refractivity (Wildman–Crippen MR) is 62.2 cm³/mol. The highest BCUT2D eigenvalue weighted by molar-refractivity contribution is 6.33. The molecule has 0 unspecified atom stereocenters. The van der Waals surface area contributed by atoms with Gasteiger partial charge in [0.2, 0.25) is 0 Å². The van der Waals surface area contributed by atoms with Gasteiger partial charge in [-0.2, -0.15) is 0 Å². The van der Waals surface area contributed by atoms with Crippen LogP contribution in [0.15, 0.2) is 36.4 Å². The molecule has 0 spiro atoms. The van der Waals surface area contributed by atoms with Crippen LogP contribution in [0.4, 0.5) is 8.78 Å². The van der Waals surface area contributed by atoms with Crippen LogP contribution in [0.2, 0.25) is 5.02 Å². The second-order valence-electron chi connectivity index (χ2n) is 3.48. The SMILES string of the molecule is O=Cc1ccc(-c2ccc(F)c(F)c2)cc1Cl. The molecular weight excluding hydrogens is 246 g/mol. The number of aldehydes is 1. The van der Waals surface area contributed by atoms with Crippen LogP contribution in [0, 0.1) is 11.6 Å². The lowest BCUT2D eigenvalue weighted by molar-refractivity contribution is 0.112. The number of hydrogen-bond acceptors (Lipinski definition) is 1. The van der Waals surface area contributed by atoms with Crippen molar-refractivity contribution in [3.8, 4) is 11.1 Å². The van der Waals surface area contributed by atoms with E-state index in [1.807, 2.05) is 0 Å². The van der Waals surface area contributed by atoms with E-state index in [1.165, 1.54) is 18.2 Å². The molecule has 0 bridgehead atoms. The van der Waals surface area contributed by atoms with Crippen LogP contribution in [-0.4, -0.2) is 6.29 Å². The maximum absolute atomic E-state index is 13.0. The van der Waals surface area contributed by atoms with Crippen molar-refractivity contribution in [2.24, 2.45) is 0 Å². The van der Waals surface area contributed by atoms with Crippen LogP contribution in [0.25, 0.3) is 11.1 Å². The molecule has 0 saturated carbocycles. The summed E-state index contributed by atoms with van der Waals surface area (Å²) in [6, 6.07) is 8.28. The molecule has 0 aromatic heterocycles. The molecule has 0 aliphatic carbocycles. The molecule has 0 radical (unpaired) electrons. The molecule has 0 saturated heterocycles. The molecule has 0 heterocycles. The quantitative estimate of drug-likeness (QED) is 0.736. The Hall–Kier alpha value is -1.74. The summed E-state index contributed by atoms with van der Waals surface area (Å²) in [5, 5.41) is 0.280. The highest BCUT2D eigenvalue weighted by Crippen LogP contribution is 2.26. The van der Waals surface area contributed by atoms with Crippen molar-refractivity contribution in [3.63, 3.8) is 0 Å². The van der Waals surface area contributed by atoms with E-state index < -0.39 is 11.6 Å². The molecular formula is C13H7ClF2O. The van der Waals surface area contributed by atoms with E-state index in [4.69, 9.17) is 11.6 Å². The first kappa shape index (κ1) is 11.7. The van der Waals surface area contributed by atoms with Crippen molar-refractivity contribution in [2.45, 2.75) is 0 Å². The second-order valence-corrected chi connectivity index (χ2v) is 3.89. The summed E-state index contributed by atoms with van der Waals surface area (Å²) >= 11 is 5.85. The Labute approximate surface area is 102 Å². The number of carbonyl (C=O) groups is 1. The Morgan fingerprint density at radius 2 is 1.59 bits per heavy atom. The highest BCUT2D eigenvalue weighted by atomic mass is 35.5. The zero-order valence-electron chi connectivity index (χ0n) is 8.58. The topological polar surface area (TPSA) is 17.1 Å². The summed E-state index contributed by atoms with van der Waals surface area (Å²) in [4.78, 5) is 10.6. The van der Waals surface area contributed by atoms with Crippen LogP contribution < -0.4 is 0 Å². The molecule has 86 valence electrons. The van der Waals surface area contributed by atoms with Crippen molar-refractivity contribution in [2.75, 3.05) is 0 Å². The summed E-state index contributed by atoms with van der Waals surface area (Å²) in [6.45, 7) is 0. The Kier molecular flexibility index (Phi) is 3.20. The molecule has 0 aliphatic heterocycles. The standard InChI is InChI=1S/C13H7ClF2O/c14-11-5-8(1-2-10(11)7-17)9-3-4-12(15)13(16)6-9/h1-7H. The van der Waals surface area contributed by atoms with Crippen molar-refractivity contribution in [3.05, 3.63) is 58.6 Å². The normalized spacial score (nSPS) is 10.3. The lowest BCUT2D eigenvalue weighted by Crippen LogP contribution is -1.87. The molecule has 4 heteroatoms. The van der Waals surface area contributed by atoms with Gasteiger partial charge in [-0.3, -0.25) is 4.79 Å². The summed E-state index contributed by atoms with van der Waals surface area (Å²) in [6.07, 6.45) is 0.636. The Morgan fingerprint density at radius 1 is 0.941 bits per heavy atom. The summed E-state index contributed by atoms with van der Waals surface area (Å²) in [7, 11) is 0. The van der Waals surface area contributed by atoms with Gasteiger partial charge in [-0.1, -0.05) is 23.7 Å². The minimum absolute atomic E-state index is 0.280. The van der Waals surface area contributed by atoms with Gasteiger partial charge in [0.05, 0.1) is 5.02 Å². The van der Waals surface area contributed by atoms with Gasteiger partial charge in [0, 0.05) is 5.56 Å². The monoisotopic (exact) mass is 252 g/mol. The van der Waals surface area contributed by atoms with Crippen LogP contribution in [0.5, 0.6) is 0 Å². The van der Waals surface area contributed by atoms with E-state index in [2.05, 4.69) is 0 Å². The van der Waals surface area contributed by atoms with Crippen LogP contribution in [0.1, 0.15) is 10.4 Å². The Balaban J connectivity index is 2.49. The molecule has 2 aromatic carbocycles. The second kappa shape index (κ2) is 4.63. The predicted octanol–water partition coefficient (Wildman–Crippen LogP) is 4.10. The number of benzene rings is 2. The average Bonchev–Trinajstić information content (AvgIpc) is 2.32. The van der Waals surface area contributed by atoms with Crippen molar-refractivity contribution >= 4 is 17.9 Å². The van der Waals surface area contributed by atoms with E-state index in [0.29, 0.717) is 23.0 Å². The first-order chi connectivity index (χ1) is 8.11. The highest BCUT2D eigenvalue weighted by Gasteiger charge is 2.06. The van der Waals surface area contributed by atoms with E-state index in [-0.39, 0.29) is 5.02 Å². The molecule has 1 nitrogen and oxygen atoms in total. The van der Waals surface area contributed by atoms with Crippen molar-refractivity contribution in [1.82, 2.24) is 0 Å². The summed E-state index contributed by atoms with van der Waals surface area (Å²) in [5.41, 5.74) is 1.49.